The molecule has 0 radical (unpaired) electrons. The molecule has 10 nitrogen and oxygen atoms in total. The normalized spacial score (nSPS) is 22.8. The first-order valence-corrected chi connectivity index (χ1v) is 19.5. The highest BCUT2D eigenvalue weighted by molar-refractivity contribution is 5.92. The van der Waals surface area contributed by atoms with Gasteiger partial charge in [-0.2, -0.15) is 0 Å². The maximum absolute atomic E-state index is 14.1. The van der Waals surface area contributed by atoms with Crippen LogP contribution < -0.4 is 26.0 Å². The number of carbonyl (C=O) groups excluding carboxylic acids is 4. The fourth-order valence-corrected chi connectivity index (χ4v) is 8.16. The van der Waals surface area contributed by atoms with E-state index in [0.29, 0.717) is 32.5 Å². The Labute approximate surface area is 309 Å². The van der Waals surface area contributed by atoms with Gasteiger partial charge in [0.1, 0.15) is 23.4 Å². The highest BCUT2D eigenvalue weighted by Crippen LogP contribution is 2.56. The number of amides is 4. The summed E-state index contributed by atoms with van der Waals surface area (Å²) in [6.45, 7) is 9.22. The predicted molar refractivity (Wildman–Crippen MR) is 202 cm³/mol. The molecule has 0 unspecified atom stereocenters. The SMILES string of the molecule is CCOc1ccc(C[C@@H](NC(=O)C2CCCCC2)C(=O)N[C@@H](Cc2ccccc2)C(=O)NCC23CCC(CNC(=O)OC(C)(C)C)(CC2)CC3)cc1. The van der Waals surface area contributed by atoms with E-state index in [4.69, 9.17) is 9.47 Å². The molecular weight excluding hydrogens is 656 g/mol. The van der Waals surface area contributed by atoms with E-state index >= 15 is 0 Å². The van der Waals surface area contributed by atoms with E-state index in [1.54, 1.807) is 0 Å². The third kappa shape index (κ3) is 11.2. The number of rotatable bonds is 15. The second kappa shape index (κ2) is 17.6. The fourth-order valence-electron chi connectivity index (χ4n) is 8.16. The Hall–Kier alpha value is -4.08. The Kier molecular flexibility index (Phi) is 13.3. The van der Waals surface area contributed by atoms with Gasteiger partial charge < -0.3 is 30.7 Å². The van der Waals surface area contributed by atoms with Crippen LogP contribution in [0.1, 0.15) is 109 Å². The summed E-state index contributed by atoms with van der Waals surface area (Å²) >= 11 is 0. The third-order valence-corrected chi connectivity index (χ3v) is 11.4. The molecule has 0 aliphatic heterocycles. The Balaban J connectivity index is 1.24. The number of benzene rings is 2. The standard InChI is InChI=1S/C42H60N4O6/c1-5-51-33-18-16-31(17-19-33)27-35(45-36(47)32-14-10-7-11-15-32)38(49)46-34(26-30-12-8-6-9-13-30)37(48)43-28-41-20-23-42(24-21-41,25-22-41)29-44-39(50)52-40(2,3)4/h6,8-9,12-13,16-19,32,34-35H,5,7,10-11,14-15,20-29H2,1-4H3,(H,43,48)(H,44,50)(H,45,47)(H,46,49)/t34-,35+,41?,42?/m0/s1. The van der Waals surface area contributed by atoms with Gasteiger partial charge in [-0.05, 0) is 113 Å². The highest BCUT2D eigenvalue weighted by Gasteiger charge is 2.49. The first kappa shape index (κ1) is 39.1. The smallest absolute Gasteiger partial charge is 0.407 e. The summed E-state index contributed by atoms with van der Waals surface area (Å²) in [7, 11) is 0. The van der Waals surface area contributed by atoms with Gasteiger partial charge in [0.2, 0.25) is 17.7 Å². The summed E-state index contributed by atoms with van der Waals surface area (Å²) in [5.74, 6) is -0.0497. The van der Waals surface area contributed by atoms with Gasteiger partial charge in [-0.1, -0.05) is 61.7 Å². The lowest BCUT2D eigenvalue weighted by Crippen LogP contribution is -2.57. The lowest BCUT2D eigenvalue weighted by atomic mass is 9.53. The Morgan fingerprint density at radius 1 is 0.712 bits per heavy atom. The molecule has 4 aliphatic rings. The van der Waals surface area contributed by atoms with Crippen molar-refractivity contribution in [2.45, 2.75) is 129 Å². The summed E-state index contributed by atoms with van der Waals surface area (Å²) < 4.78 is 11.1. The maximum Gasteiger partial charge on any atom is 0.407 e. The van der Waals surface area contributed by atoms with Crippen LogP contribution >= 0.6 is 0 Å². The summed E-state index contributed by atoms with van der Waals surface area (Å²) in [6.07, 6.45) is 10.9. The van der Waals surface area contributed by atoms with Gasteiger partial charge in [-0.25, -0.2) is 4.79 Å². The second-order valence-corrected chi connectivity index (χ2v) is 16.5. The lowest BCUT2D eigenvalue weighted by molar-refractivity contribution is -0.133. The van der Waals surface area contributed by atoms with Gasteiger partial charge >= 0.3 is 6.09 Å². The molecule has 0 spiro atoms. The van der Waals surface area contributed by atoms with Crippen LogP contribution in [0, 0.1) is 16.7 Å². The van der Waals surface area contributed by atoms with Crippen LogP contribution in [0.2, 0.25) is 0 Å². The van der Waals surface area contributed by atoms with E-state index in [-0.39, 0.29) is 40.6 Å². The van der Waals surface area contributed by atoms with Gasteiger partial charge in [0, 0.05) is 31.8 Å². The molecule has 4 amide bonds. The van der Waals surface area contributed by atoms with E-state index in [2.05, 4.69) is 21.3 Å². The zero-order chi connectivity index (χ0) is 37.2. The number of hydrogen-bond acceptors (Lipinski definition) is 6. The summed E-state index contributed by atoms with van der Waals surface area (Å²) in [5, 5.41) is 12.4. The Morgan fingerprint density at radius 2 is 1.25 bits per heavy atom. The van der Waals surface area contributed by atoms with Crippen molar-refractivity contribution in [3.8, 4) is 5.75 Å². The largest absolute Gasteiger partial charge is 0.494 e. The quantitative estimate of drug-likeness (QED) is 0.169. The maximum atomic E-state index is 14.1. The number of alkyl carbamates (subject to hydrolysis) is 1. The minimum Gasteiger partial charge on any atom is -0.494 e. The average Bonchev–Trinajstić information content (AvgIpc) is 3.14. The third-order valence-electron chi connectivity index (χ3n) is 11.4. The van der Waals surface area contributed by atoms with Crippen LogP contribution in [0.25, 0.3) is 0 Å². The van der Waals surface area contributed by atoms with Gasteiger partial charge in [-0.15, -0.1) is 0 Å². The molecule has 2 atom stereocenters. The highest BCUT2D eigenvalue weighted by atomic mass is 16.6. The molecule has 0 heterocycles. The summed E-state index contributed by atoms with van der Waals surface area (Å²) in [5.41, 5.74) is 1.35. The molecule has 2 bridgehead atoms. The van der Waals surface area contributed by atoms with Crippen molar-refractivity contribution in [1.29, 1.82) is 0 Å². The molecule has 4 fully saturated rings. The first-order valence-electron chi connectivity index (χ1n) is 19.5. The van der Waals surface area contributed by atoms with E-state index in [0.717, 1.165) is 87.5 Å². The summed E-state index contributed by atoms with van der Waals surface area (Å²) in [4.78, 5) is 53.9. The lowest BCUT2D eigenvalue weighted by Gasteiger charge is -2.53. The molecule has 52 heavy (non-hydrogen) atoms. The second-order valence-electron chi connectivity index (χ2n) is 16.5. The molecule has 6 rings (SSSR count). The van der Waals surface area contributed by atoms with Crippen molar-refractivity contribution >= 4 is 23.8 Å². The first-order chi connectivity index (χ1) is 24.9. The number of nitrogens with one attached hydrogen (secondary N) is 4. The van der Waals surface area contributed by atoms with Crippen LogP contribution in [0.15, 0.2) is 54.6 Å². The van der Waals surface area contributed by atoms with Crippen LogP contribution in [0.4, 0.5) is 4.79 Å². The zero-order valence-electron chi connectivity index (χ0n) is 31.7. The molecule has 10 heteroatoms. The fraction of sp³-hybridized carbons (Fsp3) is 0.619. The van der Waals surface area contributed by atoms with E-state index in [1.807, 2.05) is 82.3 Å². The monoisotopic (exact) mass is 716 g/mol. The molecule has 2 aromatic carbocycles. The minimum absolute atomic E-state index is 0.00516. The van der Waals surface area contributed by atoms with Crippen molar-refractivity contribution in [2.75, 3.05) is 19.7 Å². The van der Waals surface area contributed by atoms with Crippen LogP contribution in [-0.4, -0.2) is 61.2 Å². The molecule has 4 N–H and O–H groups in total. The molecule has 4 aliphatic carbocycles. The predicted octanol–water partition coefficient (Wildman–Crippen LogP) is 6.40. The van der Waals surface area contributed by atoms with Crippen molar-refractivity contribution in [3.63, 3.8) is 0 Å². The molecule has 2 aromatic rings. The number of fused-ring (bicyclic) bond motifs is 3. The van der Waals surface area contributed by atoms with Crippen molar-refractivity contribution in [1.82, 2.24) is 21.3 Å². The molecular formula is C42H60N4O6. The van der Waals surface area contributed by atoms with E-state index in [1.165, 1.54) is 0 Å². The number of ether oxygens (including phenoxy) is 2. The number of hydrogen-bond donors (Lipinski definition) is 4. The van der Waals surface area contributed by atoms with E-state index in [9.17, 15) is 19.2 Å². The van der Waals surface area contributed by atoms with Gasteiger partial charge in [0.05, 0.1) is 6.61 Å². The number of carbonyl (C=O) groups is 4. The molecule has 0 saturated heterocycles. The zero-order valence-corrected chi connectivity index (χ0v) is 31.7. The van der Waals surface area contributed by atoms with Crippen LogP contribution in [0.5, 0.6) is 5.75 Å². The molecule has 284 valence electrons. The van der Waals surface area contributed by atoms with Gasteiger partial charge in [0.25, 0.3) is 0 Å². The Bertz CT molecular complexity index is 1470. The molecule has 4 saturated carbocycles. The van der Waals surface area contributed by atoms with E-state index < -0.39 is 17.7 Å². The molecule has 0 aromatic heterocycles. The topological polar surface area (TPSA) is 135 Å². The van der Waals surface area contributed by atoms with Crippen molar-refractivity contribution in [3.05, 3.63) is 65.7 Å². The average molecular weight is 717 g/mol. The van der Waals surface area contributed by atoms with Gasteiger partial charge in [0.15, 0.2) is 0 Å². The Morgan fingerprint density at radius 3 is 1.81 bits per heavy atom. The summed E-state index contributed by atoms with van der Waals surface area (Å²) in [6, 6.07) is 15.6. The van der Waals surface area contributed by atoms with Crippen LogP contribution in [0.3, 0.4) is 0 Å². The van der Waals surface area contributed by atoms with Crippen molar-refractivity contribution in [2.24, 2.45) is 16.7 Å². The van der Waals surface area contributed by atoms with Crippen LogP contribution in [-0.2, 0) is 32.0 Å². The van der Waals surface area contributed by atoms with Crippen molar-refractivity contribution < 1.29 is 28.7 Å². The van der Waals surface area contributed by atoms with Gasteiger partial charge in [-0.3, -0.25) is 14.4 Å². The minimum atomic E-state index is -0.837.